The number of aryl methyl sites for hydroxylation is 2. The number of nitrogens with one attached hydrogen (secondary N) is 2. The molecular weight excluding hydrogens is 362 g/mol. The van der Waals surface area contributed by atoms with E-state index in [2.05, 4.69) is 10.6 Å². The summed E-state index contributed by atoms with van der Waals surface area (Å²) in [6.07, 6.45) is 0. The minimum Gasteiger partial charge on any atom is -0.386 e. The second kappa shape index (κ2) is 8.54. The lowest BCUT2D eigenvalue weighted by atomic mass is 10.1. The number of carbonyl (C=O) groups is 1. The van der Waals surface area contributed by atoms with Crippen LogP contribution >= 0.6 is 0 Å². The zero-order chi connectivity index (χ0) is 20.2. The molecule has 0 saturated carbocycles. The van der Waals surface area contributed by atoms with E-state index in [4.69, 9.17) is 0 Å². The monoisotopic (exact) mass is 389 g/mol. The molecule has 146 valence electrons. The molecule has 0 radical (unpaired) electrons. The van der Waals surface area contributed by atoms with Crippen LogP contribution < -0.4 is 10.6 Å². The minimum atomic E-state index is -3.61. The van der Waals surface area contributed by atoms with Crippen LogP contribution in [0, 0.1) is 13.8 Å². The topological polar surface area (TPSA) is 78.5 Å². The van der Waals surface area contributed by atoms with Gasteiger partial charge in [0.2, 0.25) is 10.0 Å². The van der Waals surface area contributed by atoms with Crippen LogP contribution in [0.4, 0.5) is 11.4 Å². The molecular formula is C20H27N3O3S. The Morgan fingerprint density at radius 2 is 1.56 bits per heavy atom. The third kappa shape index (κ3) is 4.67. The van der Waals surface area contributed by atoms with E-state index in [-0.39, 0.29) is 10.8 Å². The van der Waals surface area contributed by atoms with Gasteiger partial charge in [0.15, 0.2) is 0 Å². The lowest BCUT2D eigenvalue weighted by Gasteiger charge is -2.20. The SMILES string of the molecule is CCN(CC)S(=O)(=O)c1ccc(NC)c(NC(=O)c2cc(C)cc(C)c2)c1. The molecule has 1 amide bonds. The van der Waals surface area contributed by atoms with Crippen LogP contribution in [-0.2, 0) is 10.0 Å². The first-order valence-electron chi connectivity index (χ1n) is 8.94. The summed E-state index contributed by atoms with van der Waals surface area (Å²) in [6.45, 7) is 8.23. The van der Waals surface area contributed by atoms with Gasteiger partial charge in [0.05, 0.1) is 16.3 Å². The Balaban J connectivity index is 2.42. The third-order valence-electron chi connectivity index (χ3n) is 4.34. The highest BCUT2D eigenvalue weighted by Gasteiger charge is 2.23. The number of rotatable bonds is 7. The second-order valence-corrected chi connectivity index (χ2v) is 8.32. The highest BCUT2D eigenvalue weighted by Crippen LogP contribution is 2.27. The second-order valence-electron chi connectivity index (χ2n) is 6.38. The van der Waals surface area contributed by atoms with Gasteiger partial charge >= 0.3 is 0 Å². The van der Waals surface area contributed by atoms with Crippen molar-refractivity contribution >= 4 is 27.3 Å². The quantitative estimate of drug-likeness (QED) is 0.758. The Morgan fingerprint density at radius 3 is 2.07 bits per heavy atom. The number of anilines is 2. The molecule has 0 atom stereocenters. The molecule has 2 N–H and O–H groups in total. The van der Waals surface area contributed by atoms with Crippen LogP contribution in [0.2, 0.25) is 0 Å². The van der Waals surface area contributed by atoms with Gasteiger partial charge in [-0.2, -0.15) is 4.31 Å². The lowest BCUT2D eigenvalue weighted by Crippen LogP contribution is -2.30. The molecule has 0 bridgehead atoms. The molecule has 2 aromatic carbocycles. The molecule has 2 rings (SSSR count). The molecule has 6 nitrogen and oxygen atoms in total. The number of hydrogen-bond acceptors (Lipinski definition) is 4. The molecule has 7 heteroatoms. The van der Waals surface area contributed by atoms with Gasteiger partial charge in [0.1, 0.15) is 0 Å². The summed E-state index contributed by atoms with van der Waals surface area (Å²) in [5.41, 5.74) is 3.59. The number of sulfonamides is 1. The van der Waals surface area contributed by atoms with Gasteiger partial charge in [-0.3, -0.25) is 4.79 Å². The van der Waals surface area contributed by atoms with Crippen LogP contribution in [0.15, 0.2) is 41.3 Å². The Kier molecular flexibility index (Phi) is 6.62. The molecule has 0 aliphatic carbocycles. The van der Waals surface area contributed by atoms with Gasteiger partial charge in [-0.25, -0.2) is 8.42 Å². The van der Waals surface area contributed by atoms with Crippen LogP contribution in [0.3, 0.4) is 0 Å². The largest absolute Gasteiger partial charge is 0.386 e. The molecule has 0 fully saturated rings. The highest BCUT2D eigenvalue weighted by atomic mass is 32.2. The van der Waals surface area contributed by atoms with Crippen molar-refractivity contribution in [1.29, 1.82) is 0 Å². The van der Waals surface area contributed by atoms with Gasteiger partial charge in [-0.05, 0) is 44.2 Å². The van der Waals surface area contributed by atoms with E-state index in [1.165, 1.54) is 10.4 Å². The van der Waals surface area contributed by atoms with Crippen molar-refractivity contribution in [2.45, 2.75) is 32.6 Å². The number of benzene rings is 2. The predicted molar refractivity (Wildman–Crippen MR) is 110 cm³/mol. The van der Waals surface area contributed by atoms with Crippen LogP contribution in [0.5, 0.6) is 0 Å². The fourth-order valence-corrected chi connectivity index (χ4v) is 4.50. The standard InChI is InChI=1S/C20H27N3O3S/c1-6-23(7-2)27(25,26)17-8-9-18(21-5)19(13-17)22-20(24)16-11-14(3)10-15(4)12-16/h8-13,21H,6-7H2,1-5H3,(H,22,24). The lowest BCUT2D eigenvalue weighted by molar-refractivity contribution is 0.102. The molecule has 0 unspecified atom stereocenters. The Bertz CT molecular complexity index is 915. The van der Waals surface area contributed by atoms with Gasteiger partial charge in [-0.15, -0.1) is 0 Å². The van der Waals surface area contributed by atoms with E-state index >= 15 is 0 Å². The summed E-state index contributed by atoms with van der Waals surface area (Å²) in [5, 5.41) is 5.82. The van der Waals surface area contributed by atoms with Gasteiger partial charge in [0, 0.05) is 25.7 Å². The summed E-state index contributed by atoms with van der Waals surface area (Å²) in [7, 11) is -1.89. The third-order valence-corrected chi connectivity index (χ3v) is 6.38. The van der Waals surface area contributed by atoms with E-state index in [0.29, 0.717) is 30.0 Å². The van der Waals surface area contributed by atoms with Crippen molar-refractivity contribution in [3.05, 3.63) is 53.1 Å². The Morgan fingerprint density at radius 1 is 0.963 bits per heavy atom. The molecule has 0 heterocycles. The Labute approximate surface area is 161 Å². The average Bonchev–Trinajstić information content (AvgIpc) is 2.61. The molecule has 0 spiro atoms. The molecule has 2 aromatic rings. The maximum absolute atomic E-state index is 12.8. The number of nitrogens with zero attached hydrogens (tertiary/aromatic N) is 1. The highest BCUT2D eigenvalue weighted by molar-refractivity contribution is 7.89. The summed E-state index contributed by atoms with van der Waals surface area (Å²) in [6, 6.07) is 10.3. The smallest absolute Gasteiger partial charge is 0.255 e. The van der Waals surface area contributed by atoms with Crippen molar-refractivity contribution < 1.29 is 13.2 Å². The van der Waals surface area contributed by atoms with Crippen molar-refractivity contribution in [3.8, 4) is 0 Å². The minimum absolute atomic E-state index is 0.154. The van der Waals surface area contributed by atoms with E-state index in [1.54, 1.807) is 45.2 Å². The first kappa shape index (κ1) is 20.9. The molecule has 27 heavy (non-hydrogen) atoms. The maximum Gasteiger partial charge on any atom is 0.255 e. The summed E-state index contributed by atoms with van der Waals surface area (Å²) in [4.78, 5) is 12.8. The summed E-state index contributed by atoms with van der Waals surface area (Å²) >= 11 is 0. The Hall–Kier alpha value is -2.38. The van der Waals surface area contributed by atoms with Crippen molar-refractivity contribution in [2.75, 3.05) is 30.8 Å². The van der Waals surface area contributed by atoms with E-state index in [9.17, 15) is 13.2 Å². The molecule has 0 aromatic heterocycles. The number of hydrogen-bond donors (Lipinski definition) is 2. The molecule has 0 aliphatic heterocycles. The van der Waals surface area contributed by atoms with Gasteiger partial charge < -0.3 is 10.6 Å². The number of carbonyl (C=O) groups excluding carboxylic acids is 1. The first-order valence-corrected chi connectivity index (χ1v) is 10.4. The van der Waals surface area contributed by atoms with Crippen molar-refractivity contribution in [2.24, 2.45) is 0 Å². The fraction of sp³-hybridized carbons (Fsp3) is 0.350. The van der Waals surface area contributed by atoms with Crippen LogP contribution in [0.25, 0.3) is 0 Å². The van der Waals surface area contributed by atoms with Crippen molar-refractivity contribution in [1.82, 2.24) is 4.31 Å². The zero-order valence-electron chi connectivity index (χ0n) is 16.5. The van der Waals surface area contributed by atoms with E-state index in [1.807, 2.05) is 19.9 Å². The predicted octanol–water partition coefficient (Wildman–Crippen LogP) is 3.63. The summed E-state index contributed by atoms with van der Waals surface area (Å²) in [5.74, 6) is -0.282. The van der Waals surface area contributed by atoms with E-state index < -0.39 is 10.0 Å². The first-order chi connectivity index (χ1) is 12.7. The maximum atomic E-state index is 12.8. The fourth-order valence-electron chi connectivity index (χ4n) is 3.02. The zero-order valence-corrected chi connectivity index (χ0v) is 17.3. The van der Waals surface area contributed by atoms with E-state index in [0.717, 1.165) is 11.1 Å². The van der Waals surface area contributed by atoms with Crippen molar-refractivity contribution in [3.63, 3.8) is 0 Å². The van der Waals surface area contributed by atoms with Gasteiger partial charge in [0.25, 0.3) is 5.91 Å². The normalized spacial score (nSPS) is 11.5. The van der Waals surface area contributed by atoms with Crippen LogP contribution in [-0.4, -0.2) is 38.8 Å². The number of amides is 1. The average molecular weight is 390 g/mol. The summed E-state index contributed by atoms with van der Waals surface area (Å²) < 4.78 is 27.0. The van der Waals surface area contributed by atoms with Gasteiger partial charge in [-0.1, -0.05) is 31.0 Å². The molecule has 0 saturated heterocycles. The van der Waals surface area contributed by atoms with Crippen LogP contribution in [0.1, 0.15) is 35.3 Å². The molecule has 0 aliphatic rings.